The summed E-state index contributed by atoms with van der Waals surface area (Å²) in [6, 6.07) is 1.69. The Morgan fingerprint density at radius 3 is 2.35 bits per heavy atom. The molecule has 7 N–H and O–H groups in total. The van der Waals surface area contributed by atoms with Crippen molar-refractivity contribution >= 4 is 29.7 Å². The van der Waals surface area contributed by atoms with E-state index in [1.165, 1.54) is 24.0 Å². The average Bonchev–Trinajstić information content (AvgIpc) is 3.27. The Labute approximate surface area is 196 Å². The van der Waals surface area contributed by atoms with Crippen LogP contribution in [0.25, 0.3) is 0 Å². The molecule has 1 aliphatic rings. The van der Waals surface area contributed by atoms with Crippen LogP contribution in [0.5, 0.6) is 5.75 Å². The van der Waals surface area contributed by atoms with Gasteiger partial charge in [-0.25, -0.2) is 4.79 Å². The van der Waals surface area contributed by atoms with Crippen LogP contribution >= 0.6 is 0 Å². The highest BCUT2D eigenvalue weighted by molar-refractivity contribution is 5.94. The number of nitrogens with zero attached hydrogens (tertiary/aromatic N) is 1. The summed E-state index contributed by atoms with van der Waals surface area (Å²) in [7, 11) is 0. The van der Waals surface area contributed by atoms with Crippen LogP contribution in [0.3, 0.4) is 0 Å². The van der Waals surface area contributed by atoms with E-state index in [9.17, 15) is 34.2 Å². The molecule has 0 aromatic heterocycles. The van der Waals surface area contributed by atoms with E-state index >= 15 is 0 Å². The van der Waals surface area contributed by atoms with Crippen LogP contribution < -0.4 is 16.4 Å². The van der Waals surface area contributed by atoms with Gasteiger partial charge in [0.25, 0.3) is 0 Å². The summed E-state index contributed by atoms with van der Waals surface area (Å²) in [5, 5.41) is 32.5. The van der Waals surface area contributed by atoms with Crippen LogP contribution in [0.1, 0.15) is 38.2 Å². The summed E-state index contributed by atoms with van der Waals surface area (Å²) < 4.78 is 0. The molecule has 1 saturated heterocycles. The minimum Gasteiger partial charge on any atom is -0.508 e. The van der Waals surface area contributed by atoms with Gasteiger partial charge in [-0.3, -0.25) is 19.2 Å². The minimum atomic E-state index is -1.24. The number of hydrogen-bond donors (Lipinski definition) is 6. The first-order valence-electron chi connectivity index (χ1n) is 10.9. The first-order chi connectivity index (χ1) is 16.0. The molecule has 0 radical (unpaired) electrons. The highest BCUT2D eigenvalue weighted by Crippen LogP contribution is 2.19. The van der Waals surface area contributed by atoms with Crippen molar-refractivity contribution in [1.29, 1.82) is 0 Å². The highest BCUT2D eigenvalue weighted by atomic mass is 16.4. The lowest BCUT2D eigenvalue weighted by atomic mass is 10.0. The molecule has 12 heteroatoms. The molecule has 12 nitrogen and oxygen atoms in total. The number of nitrogens with two attached hydrogens (primary N) is 1. The van der Waals surface area contributed by atoms with Crippen molar-refractivity contribution in [3.05, 3.63) is 29.8 Å². The molecule has 4 atom stereocenters. The fourth-order valence-corrected chi connectivity index (χ4v) is 3.68. The van der Waals surface area contributed by atoms with Crippen LogP contribution in [0.15, 0.2) is 24.3 Å². The molecular weight excluding hydrogens is 448 g/mol. The number of likely N-dealkylation sites (tertiary alicyclic amines) is 1. The molecule has 4 unspecified atom stereocenters. The largest absolute Gasteiger partial charge is 0.508 e. The second-order valence-corrected chi connectivity index (χ2v) is 8.23. The lowest BCUT2D eigenvalue weighted by Crippen LogP contribution is -2.56. The molecule has 3 amide bonds. The Balaban J connectivity index is 1.98. The number of aliphatic carboxylic acids is 2. The molecule has 1 fully saturated rings. The molecule has 1 aromatic rings. The summed E-state index contributed by atoms with van der Waals surface area (Å²) in [5.41, 5.74) is 6.26. The van der Waals surface area contributed by atoms with Crippen molar-refractivity contribution in [3.8, 4) is 5.75 Å². The number of carboxylic acids is 2. The van der Waals surface area contributed by atoms with E-state index in [-0.39, 0.29) is 31.6 Å². The van der Waals surface area contributed by atoms with Gasteiger partial charge in [-0.2, -0.15) is 0 Å². The van der Waals surface area contributed by atoms with Gasteiger partial charge in [0.05, 0.1) is 6.04 Å². The number of carboxylic acid groups (broad SMARTS) is 2. The zero-order valence-electron chi connectivity index (χ0n) is 18.8. The van der Waals surface area contributed by atoms with E-state index in [4.69, 9.17) is 10.8 Å². The Kier molecular flexibility index (Phi) is 9.36. The van der Waals surface area contributed by atoms with Crippen LogP contribution in [-0.4, -0.2) is 80.6 Å². The second-order valence-electron chi connectivity index (χ2n) is 8.23. The molecule has 186 valence electrons. The van der Waals surface area contributed by atoms with E-state index in [1.807, 2.05) is 0 Å². The van der Waals surface area contributed by atoms with Crippen molar-refractivity contribution in [2.24, 2.45) is 5.73 Å². The summed E-state index contributed by atoms with van der Waals surface area (Å²) in [6.07, 6.45) is 0.470. The maximum Gasteiger partial charge on any atom is 0.326 e. The topological polar surface area (TPSA) is 199 Å². The maximum atomic E-state index is 12.9. The Hall–Kier alpha value is -3.67. The van der Waals surface area contributed by atoms with Crippen molar-refractivity contribution in [1.82, 2.24) is 15.5 Å². The van der Waals surface area contributed by atoms with Crippen molar-refractivity contribution < 1.29 is 39.3 Å². The normalized spacial score (nSPS) is 17.9. The molecule has 1 heterocycles. The third-order valence-corrected chi connectivity index (χ3v) is 5.56. The van der Waals surface area contributed by atoms with Crippen LogP contribution in [0, 0.1) is 0 Å². The van der Waals surface area contributed by atoms with Crippen molar-refractivity contribution in [3.63, 3.8) is 0 Å². The molecule has 1 aliphatic heterocycles. The van der Waals surface area contributed by atoms with Gasteiger partial charge in [0.1, 0.15) is 23.9 Å². The monoisotopic (exact) mass is 478 g/mol. The molecule has 0 saturated carbocycles. The highest BCUT2D eigenvalue weighted by Gasteiger charge is 2.38. The van der Waals surface area contributed by atoms with Gasteiger partial charge in [-0.15, -0.1) is 0 Å². The summed E-state index contributed by atoms with van der Waals surface area (Å²) >= 11 is 0. The average molecular weight is 479 g/mol. The van der Waals surface area contributed by atoms with E-state index in [1.54, 1.807) is 12.1 Å². The number of hydrogen-bond acceptors (Lipinski definition) is 7. The zero-order valence-corrected chi connectivity index (χ0v) is 18.8. The molecular formula is C22H30N4O8. The fourth-order valence-electron chi connectivity index (χ4n) is 3.68. The number of carbonyl (C=O) groups excluding carboxylic acids is 3. The fraction of sp³-hybridized carbons (Fsp3) is 0.500. The number of phenolic OH excluding ortho intramolecular Hbond substituents is 1. The van der Waals surface area contributed by atoms with Crippen LogP contribution in [0.2, 0.25) is 0 Å². The molecule has 2 rings (SSSR count). The van der Waals surface area contributed by atoms with E-state index in [0.717, 1.165) is 0 Å². The van der Waals surface area contributed by atoms with Gasteiger partial charge in [-0.05, 0) is 43.9 Å². The number of aromatic hydroxyl groups is 1. The number of benzene rings is 1. The van der Waals surface area contributed by atoms with Gasteiger partial charge in [0, 0.05) is 19.4 Å². The first kappa shape index (κ1) is 26.6. The number of carbonyl (C=O) groups is 5. The lowest BCUT2D eigenvalue weighted by Gasteiger charge is -2.28. The van der Waals surface area contributed by atoms with Crippen molar-refractivity contribution in [2.45, 2.75) is 63.2 Å². The minimum absolute atomic E-state index is 0.0112. The maximum absolute atomic E-state index is 12.9. The Bertz CT molecular complexity index is 920. The molecule has 0 aliphatic carbocycles. The van der Waals surface area contributed by atoms with Gasteiger partial charge < -0.3 is 36.6 Å². The standard InChI is InChI=1S/C22H30N4O8/c1-12(24-19(30)15(23)8-9-18(28)29)21(32)26-10-2-3-17(26)20(31)25-16(22(33)34)11-13-4-6-14(27)7-5-13/h4-7,12,15-17,27H,2-3,8-11,23H2,1H3,(H,24,30)(H,25,31)(H,28,29)(H,33,34). The quantitative estimate of drug-likeness (QED) is 0.235. The first-order valence-corrected chi connectivity index (χ1v) is 10.9. The Morgan fingerprint density at radius 2 is 1.76 bits per heavy atom. The predicted molar refractivity (Wildman–Crippen MR) is 119 cm³/mol. The third kappa shape index (κ3) is 7.44. The molecule has 1 aromatic carbocycles. The second kappa shape index (κ2) is 12.0. The molecule has 0 spiro atoms. The smallest absolute Gasteiger partial charge is 0.326 e. The predicted octanol–water partition coefficient (Wildman–Crippen LogP) is -0.808. The van der Waals surface area contributed by atoms with Crippen LogP contribution in [-0.2, 0) is 30.4 Å². The third-order valence-electron chi connectivity index (χ3n) is 5.56. The number of rotatable bonds is 11. The van der Waals surface area contributed by atoms with E-state index in [0.29, 0.717) is 18.4 Å². The van der Waals surface area contributed by atoms with Crippen LogP contribution in [0.4, 0.5) is 0 Å². The number of nitrogens with one attached hydrogen (secondary N) is 2. The number of amides is 3. The van der Waals surface area contributed by atoms with E-state index in [2.05, 4.69) is 10.6 Å². The SMILES string of the molecule is CC(NC(=O)C(N)CCC(=O)O)C(=O)N1CCCC1C(=O)NC(Cc1ccc(O)cc1)C(=O)O. The summed E-state index contributed by atoms with van der Waals surface area (Å²) in [5.74, 6) is -4.13. The van der Waals surface area contributed by atoms with E-state index < -0.39 is 53.8 Å². The van der Waals surface area contributed by atoms with Gasteiger partial charge in [-0.1, -0.05) is 12.1 Å². The van der Waals surface area contributed by atoms with Gasteiger partial charge in [0.2, 0.25) is 17.7 Å². The molecule has 34 heavy (non-hydrogen) atoms. The summed E-state index contributed by atoms with van der Waals surface area (Å²) in [6.45, 7) is 1.69. The number of phenols is 1. The summed E-state index contributed by atoms with van der Waals surface area (Å²) in [4.78, 5) is 61.5. The lowest BCUT2D eigenvalue weighted by molar-refractivity contribution is -0.144. The van der Waals surface area contributed by atoms with Gasteiger partial charge >= 0.3 is 11.9 Å². The van der Waals surface area contributed by atoms with Gasteiger partial charge in [0.15, 0.2) is 0 Å². The Morgan fingerprint density at radius 1 is 1.12 bits per heavy atom. The zero-order chi connectivity index (χ0) is 25.4. The molecule has 0 bridgehead atoms. The van der Waals surface area contributed by atoms with Crippen molar-refractivity contribution in [2.75, 3.05) is 6.54 Å².